The Morgan fingerprint density at radius 2 is 1.90 bits per heavy atom. The molecule has 2 rings (SSSR count). The van der Waals surface area contributed by atoms with Crippen LogP contribution >= 0.6 is 11.3 Å². The maximum atomic E-state index is 11.9. The molecule has 0 saturated heterocycles. The summed E-state index contributed by atoms with van der Waals surface area (Å²) in [7, 11) is 0. The molecule has 0 radical (unpaired) electrons. The van der Waals surface area contributed by atoms with Crippen molar-refractivity contribution in [3.05, 3.63) is 21.4 Å². The van der Waals surface area contributed by atoms with E-state index < -0.39 is 0 Å². The molecule has 2 unspecified atom stereocenters. The van der Waals surface area contributed by atoms with Crippen molar-refractivity contribution >= 4 is 17.2 Å². The third-order valence-corrected chi connectivity index (χ3v) is 5.19. The van der Waals surface area contributed by atoms with Crippen molar-refractivity contribution in [3.8, 4) is 0 Å². The number of amides is 1. The molecule has 1 aromatic rings. The highest BCUT2D eigenvalue weighted by Crippen LogP contribution is 2.32. The van der Waals surface area contributed by atoms with Gasteiger partial charge < -0.3 is 5.32 Å². The predicted octanol–water partition coefficient (Wildman–Crippen LogP) is 3.19. The number of hydrogen-bond acceptors (Lipinski definition) is 3. The number of nitrogens with one attached hydrogen (secondary N) is 2. The maximum absolute atomic E-state index is 11.9. The largest absolute Gasteiger partial charge is 0.353 e. The van der Waals surface area contributed by atoms with Crippen LogP contribution in [-0.4, -0.2) is 18.0 Å². The lowest BCUT2D eigenvalue weighted by atomic mass is 9.99. The molecular formula is C16H26N2OS. The van der Waals surface area contributed by atoms with Gasteiger partial charge in [-0.3, -0.25) is 10.1 Å². The predicted molar refractivity (Wildman–Crippen MR) is 85.3 cm³/mol. The Balaban J connectivity index is 1.95. The van der Waals surface area contributed by atoms with Crippen molar-refractivity contribution in [1.82, 2.24) is 10.6 Å². The Labute approximate surface area is 126 Å². The van der Waals surface area contributed by atoms with E-state index in [1.165, 1.54) is 36.1 Å². The molecule has 2 atom stereocenters. The van der Waals surface area contributed by atoms with Crippen molar-refractivity contribution < 1.29 is 4.79 Å². The van der Waals surface area contributed by atoms with E-state index in [1.807, 2.05) is 32.1 Å². The highest BCUT2D eigenvalue weighted by molar-refractivity contribution is 7.12. The summed E-state index contributed by atoms with van der Waals surface area (Å²) in [6.07, 6.45) is 5.10. The number of thiophene rings is 1. The Bertz CT molecular complexity index is 444. The van der Waals surface area contributed by atoms with Gasteiger partial charge in [0.05, 0.1) is 6.04 Å². The molecule has 1 aliphatic carbocycles. The Morgan fingerprint density at radius 1 is 1.20 bits per heavy atom. The second kappa shape index (κ2) is 6.72. The first-order chi connectivity index (χ1) is 9.47. The first kappa shape index (κ1) is 15.5. The Kier molecular flexibility index (Phi) is 5.22. The van der Waals surface area contributed by atoms with Crippen LogP contribution in [0.1, 0.15) is 61.9 Å². The maximum Gasteiger partial charge on any atom is 0.237 e. The average molecular weight is 294 g/mol. The van der Waals surface area contributed by atoms with E-state index in [-0.39, 0.29) is 24.0 Å². The van der Waals surface area contributed by atoms with Gasteiger partial charge in [0.25, 0.3) is 0 Å². The van der Waals surface area contributed by atoms with E-state index in [4.69, 9.17) is 0 Å². The molecule has 0 spiro atoms. The molecule has 3 nitrogen and oxygen atoms in total. The first-order valence-corrected chi connectivity index (χ1v) is 8.47. The summed E-state index contributed by atoms with van der Waals surface area (Å²) < 4.78 is 0. The zero-order valence-corrected chi connectivity index (χ0v) is 13.8. The molecule has 4 heteroatoms. The Hall–Kier alpha value is -0.870. The summed E-state index contributed by atoms with van der Waals surface area (Å²) in [5.41, 5.74) is 1.53. The highest BCUT2D eigenvalue weighted by atomic mass is 32.1. The fourth-order valence-electron chi connectivity index (χ4n) is 2.67. The third-order valence-electron chi connectivity index (χ3n) is 3.77. The van der Waals surface area contributed by atoms with Crippen LogP contribution in [0.15, 0.2) is 6.07 Å². The van der Waals surface area contributed by atoms with Gasteiger partial charge in [-0.1, -0.05) is 0 Å². The van der Waals surface area contributed by atoms with Crippen LogP contribution in [-0.2, 0) is 17.6 Å². The van der Waals surface area contributed by atoms with Crippen molar-refractivity contribution in [3.63, 3.8) is 0 Å². The van der Waals surface area contributed by atoms with Crippen LogP contribution in [0.25, 0.3) is 0 Å². The second-order valence-electron chi connectivity index (χ2n) is 6.08. The Morgan fingerprint density at radius 3 is 2.55 bits per heavy atom. The van der Waals surface area contributed by atoms with Crippen LogP contribution in [0.4, 0.5) is 0 Å². The molecule has 0 aliphatic heterocycles. The minimum atomic E-state index is -0.161. The zero-order valence-electron chi connectivity index (χ0n) is 13.0. The van der Waals surface area contributed by atoms with Crippen LogP contribution in [0.3, 0.4) is 0 Å². The third kappa shape index (κ3) is 3.83. The first-order valence-electron chi connectivity index (χ1n) is 7.65. The van der Waals surface area contributed by atoms with Gasteiger partial charge in [-0.05, 0) is 65.0 Å². The van der Waals surface area contributed by atoms with Crippen molar-refractivity contribution in [2.75, 3.05) is 0 Å². The van der Waals surface area contributed by atoms with Gasteiger partial charge in [-0.25, -0.2) is 0 Å². The lowest BCUT2D eigenvalue weighted by Crippen LogP contribution is -2.45. The monoisotopic (exact) mass is 294 g/mol. The molecule has 0 aromatic carbocycles. The SMILES string of the molecule is CC(C)NC(=O)C(C)NC(C)c1cc2c(s1)CCCC2. The molecule has 1 amide bonds. The van der Waals surface area contributed by atoms with E-state index in [0.717, 1.165) is 0 Å². The van der Waals surface area contributed by atoms with Gasteiger partial charge in [0.1, 0.15) is 0 Å². The average Bonchev–Trinajstić information content (AvgIpc) is 2.81. The number of carbonyl (C=O) groups is 1. The van der Waals surface area contributed by atoms with Crippen LogP contribution in [0.2, 0.25) is 0 Å². The van der Waals surface area contributed by atoms with Gasteiger partial charge in [-0.2, -0.15) is 0 Å². The molecule has 1 aromatic heterocycles. The number of carbonyl (C=O) groups excluding carboxylic acids is 1. The lowest BCUT2D eigenvalue weighted by molar-refractivity contribution is -0.123. The normalized spacial score (nSPS) is 17.6. The van der Waals surface area contributed by atoms with E-state index in [1.54, 1.807) is 4.88 Å². The minimum absolute atomic E-state index is 0.0770. The smallest absolute Gasteiger partial charge is 0.237 e. The van der Waals surface area contributed by atoms with Gasteiger partial charge >= 0.3 is 0 Å². The van der Waals surface area contributed by atoms with Crippen LogP contribution in [0.5, 0.6) is 0 Å². The molecular weight excluding hydrogens is 268 g/mol. The highest BCUT2D eigenvalue weighted by Gasteiger charge is 2.20. The van der Waals surface area contributed by atoms with Crippen molar-refractivity contribution in [1.29, 1.82) is 0 Å². The number of rotatable bonds is 5. The van der Waals surface area contributed by atoms with E-state index in [9.17, 15) is 4.79 Å². The quantitative estimate of drug-likeness (QED) is 0.875. The van der Waals surface area contributed by atoms with Crippen LogP contribution in [0, 0.1) is 0 Å². The van der Waals surface area contributed by atoms with Crippen molar-refractivity contribution in [2.45, 2.75) is 71.5 Å². The molecule has 20 heavy (non-hydrogen) atoms. The molecule has 1 aliphatic rings. The summed E-state index contributed by atoms with van der Waals surface area (Å²) in [4.78, 5) is 14.9. The van der Waals surface area contributed by atoms with E-state index in [2.05, 4.69) is 23.6 Å². The topological polar surface area (TPSA) is 41.1 Å². The van der Waals surface area contributed by atoms with Crippen LogP contribution < -0.4 is 10.6 Å². The standard InChI is InChI=1S/C16H26N2OS/c1-10(2)17-16(19)12(4)18-11(3)15-9-13-7-5-6-8-14(13)20-15/h9-12,18H,5-8H2,1-4H3,(H,17,19). The summed E-state index contributed by atoms with van der Waals surface area (Å²) in [5.74, 6) is 0.0770. The summed E-state index contributed by atoms with van der Waals surface area (Å²) in [6.45, 7) is 8.06. The summed E-state index contributed by atoms with van der Waals surface area (Å²) >= 11 is 1.92. The van der Waals surface area contributed by atoms with Gasteiger partial charge in [-0.15, -0.1) is 11.3 Å². The van der Waals surface area contributed by atoms with Gasteiger partial charge in [0.2, 0.25) is 5.91 Å². The lowest BCUT2D eigenvalue weighted by Gasteiger charge is -2.20. The molecule has 2 N–H and O–H groups in total. The zero-order chi connectivity index (χ0) is 14.7. The number of aryl methyl sites for hydroxylation is 2. The second-order valence-corrected chi connectivity index (χ2v) is 7.25. The molecule has 112 valence electrons. The molecule has 0 bridgehead atoms. The van der Waals surface area contributed by atoms with Crippen molar-refractivity contribution in [2.24, 2.45) is 0 Å². The van der Waals surface area contributed by atoms with Gasteiger partial charge in [0, 0.05) is 21.8 Å². The van der Waals surface area contributed by atoms with E-state index >= 15 is 0 Å². The molecule has 0 saturated carbocycles. The van der Waals surface area contributed by atoms with Gasteiger partial charge in [0.15, 0.2) is 0 Å². The minimum Gasteiger partial charge on any atom is -0.353 e. The van der Waals surface area contributed by atoms with E-state index in [0.29, 0.717) is 0 Å². The fourth-order valence-corrected chi connectivity index (χ4v) is 3.94. The number of hydrogen-bond donors (Lipinski definition) is 2. The molecule has 0 fully saturated rings. The summed E-state index contributed by atoms with van der Waals surface area (Å²) in [6, 6.07) is 2.60. The molecule has 1 heterocycles. The number of fused-ring (bicyclic) bond motifs is 1. The fraction of sp³-hybridized carbons (Fsp3) is 0.688. The summed E-state index contributed by atoms with van der Waals surface area (Å²) in [5, 5.41) is 6.36.